The Hall–Kier alpha value is -2.33. The highest BCUT2D eigenvalue weighted by Crippen LogP contribution is 2.29. The van der Waals surface area contributed by atoms with Gasteiger partial charge in [-0.05, 0) is 24.3 Å². The molecular weight excluding hydrogens is 256 g/mol. The molecule has 0 atom stereocenters. The molecule has 0 amide bonds. The van der Waals surface area contributed by atoms with Gasteiger partial charge in [0.05, 0.1) is 15.9 Å². The molecule has 2 heterocycles. The standard InChI is InChI=1S/C15H10N2OS/c18-11-5-3-4-10(8-11)12-9-17-13-6-1-2-7-14(13)19-15(17)16-12/h1-9,18H. The maximum absolute atomic E-state index is 9.54. The zero-order valence-corrected chi connectivity index (χ0v) is 10.8. The van der Waals surface area contributed by atoms with Gasteiger partial charge in [-0.2, -0.15) is 0 Å². The first kappa shape index (κ1) is 10.6. The Kier molecular flexibility index (Phi) is 2.13. The number of hydrogen-bond acceptors (Lipinski definition) is 3. The molecule has 92 valence electrons. The van der Waals surface area contributed by atoms with Crippen molar-refractivity contribution in [3.05, 3.63) is 54.7 Å². The fraction of sp³-hybridized carbons (Fsp3) is 0. The second-order valence-electron chi connectivity index (χ2n) is 4.40. The molecule has 2 aromatic carbocycles. The van der Waals surface area contributed by atoms with Gasteiger partial charge >= 0.3 is 0 Å². The summed E-state index contributed by atoms with van der Waals surface area (Å²) in [5, 5.41) is 9.54. The molecule has 0 bridgehead atoms. The van der Waals surface area contributed by atoms with Gasteiger partial charge in [0, 0.05) is 11.8 Å². The van der Waals surface area contributed by atoms with Crippen molar-refractivity contribution in [3.63, 3.8) is 0 Å². The minimum absolute atomic E-state index is 0.263. The van der Waals surface area contributed by atoms with E-state index in [0.717, 1.165) is 16.2 Å². The Morgan fingerprint density at radius 1 is 1.05 bits per heavy atom. The van der Waals surface area contributed by atoms with Gasteiger partial charge in [-0.15, -0.1) is 0 Å². The lowest BCUT2D eigenvalue weighted by molar-refractivity contribution is 0.475. The van der Waals surface area contributed by atoms with Crippen LogP contribution in [0.1, 0.15) is 0 Å². The fourth-order valence-corrected chi connectivity index (χ4v) is 3.26. The number of thiazole rings is 1. The zero-order valence-electron chi connectivity index (χ0n) is 9.95. The summed E-state index contributed by atoms with van der Waals surface area (Å²) in [4.78, 5) is 5.60. The van der Waals surface area contributed by atoms with Crippen LogP contribution in [0.4, 0.5) is 0 Å². The van der Waals surface area contributed by atoms with Crippen LogP contribution in [0.25, 0.3) is 26.4 Å². The predicted octanol–water partition coefficient (Wildman–Crippen LogP) is 3.92. The molecule has 0 aliphatic heterocycles. The van der Waals surface area contributed by atoms with E-state index in [1.165, 1.54) is 10.2 Å². The Morgan fingerprint density at radius 2 is 1.95 bits per heavy atom. The third-order valence-corrected chi connectivity index (χ3v) is 4.18. The van der Waals surface area contributed by atoms with Crippen LogP contribution in [0.5, 0.6) is 5.75 Å². The van der Waals surface area contributed by atoms with Crippen molar-refractivity contribution in [2.45, 2.75) is 0 Å². The van der Waals surface area contributed by atoms with Crippen LogP contribution in [0.2, 0.25) is 0 Å². The van der Waals surface area contributed by atoms with Crippen LogP contribution in [0.3, 0.4) is 0 Å². The van der Waals surface area contributed by atoms with E-state index in [2.05, 4.69) is 21.5 Å². The number of para-hydroxylation sites is 1. The van der Waals surface area contributed by atoms with Crippen LogP contribution >= 0.6 is 11.3 Å². The Bertz CT molecular complexity index is 891. The molecule has 0 spiro atoms. The Labute approximate surface area is 113 Å². The molecule has 0 radical (unpaired) electrons. The maximum atomic E-state index is 9.54. The fourth-order valence-electron chi connectivity index (χ4n) is 2.25. The summed E-state index contributed by atoms with van der Waals surface area (Å²) in [6.45, 7) is 0. The maximum Gasteiger partial charge on any atom is 0.195 e. The number of phenolic OH excluding ortho intramolecular Hbond substituents is 1. The van der Waals surface area contributed by atoms with E-state index >= 15 is 0 Å². The molecule has 0 saturated carbocycles. The minimum atomic E-state index is 0.263. The summed E-state index contributed by atoms with van der Waals surface area (Å²) in [7, 11) is 0. The monoisotopic (exact) mass is 266 g/mol. The third kappa shape index (κ3) is 1.61. The summed E-state index contributed by atoms with van der Waals surface area (Å²) < 4.78 is 3.33. The number of rotatable bonds is 1. The van der Waals surface area contributed by atoms with Crippen molar-refractivity contribution in [1.29, 1.82) is 0 Å². The van der Waals surface area contributed by atoms with Crippen molar-refractivity contribution in [2.75, 3.05) is 0 Å². The highest BCUT2D eigenvalue weighted by atomic mass is 32.1. The number of aromatic nitrogens is 2. The summed E-state index contributed by atoms with van der Waals surface area (Å²) in [5.74, 6) is 0.263. The van der Waals surface area contributed by atoms with Crippen LogP contribution in [0.15, 0.2) is 54.7 Å². The van der Waals surface area contributed by atoms with Crippen molar-refractivity contribution in [1.82, 2.24) is 9.38 Å². The second kappa shape index (κ2) is 3.83. The highest BCUT2D eigenvalue weighted by molar-refractivity contribution is 7.23. The van der Waals surface area contributed by atoms with Crippen LogP contribution in [-0.2, 0) is 0 Å². The number of hydrogen-bond donors (Lipinski definition) is 1. The van der Waals surface area contributed by atoms with Gasteiger partial charge < -0.3 is 5.11 Å². The van der Waals surface area contributed by atoms with E-state index in [9.17, 15) is 5.11 Å². The second-order valence-corrected chi connectivity index (χ2v) is 5.41. The molecule has 0 aliphatic rings. The number of fused-ring (bicyclic) bond motifs is 3. The first-order chi connectivity index (χ1) is 9.31. The third-order valence-electron chi connectivity index (χ3n) is 3.14. The van der Waals surface area contributed by atoms with Gasteiger partial charge in [-0.25, -0.2) is 4.98 Å². The van der Waals surface area contributed by atoms with Crippen molar-refractivity contribution < 1.29 is 5.11 Å². The molecule has 4 aromatic rings. The van der Waals surface area contributed by atoms with E-state index in [4.69, 9.17) is 0 Å². The minimum Gasteiger partial charge on any atom is -0.508 e. The van der Waals surface area contributed by atoms with Gasteiger partial charge in [-0.1, -0.05) is 35.6 Å². The van der Waals surface area contributed by atoms with E-state index in [1.807, 2.05) is 30.5 Å². The molecule has 1 N–H and O–H groups in total. The van der Waals surface area contributed by atoms with E-state index in [1.54, 1.807) is 23.5 Å². The van der Waals surface area contributed by atoms with Gasteiger partial charge in [-0.3, -0.25) is 4.40 Å². The van der Waals surface area contributed by atoms with Crippen molar-refractivity contribution in [2.24, 2.45) is 0 Å². The lowest BCUT2D eigenvalue weighted by Crippen LogP contribution is -1.77. The summed E-state index contributed by atoms with van der Waals surface area (Å²) in [6, 6.07) is 15.4. The quantitative estimate of drug-likeness (QED) is 0.567. The smallest absolute Gasteiger partial charge is 0.195 e. The SMILES string of the molecule is Oc1cccc(-c2cn3c(n2)sc2ccccc23)c1. The molecule has 0 saturated heterocycles. The van der Waals surface area contributed by atoms with Crippen LogP contribution in [-0.4, -0.2) is 14.5 Å². The number of nitrogens with zero attached hydrogens (tertiary/aromatic N) is 2. The molecule has 3 nitrogen and oxygen atoms in total. The zero-order chi connectivity index (χ0) is 12.8. The van der Waals surface area contributed by atoms with E-state index < -0.39 is 0 Å². The van der Waals surface area contributed by atoms with Gasteiger partial charge in [0.25, 0.3) is 0 Å². The molecule has 0 unspecified atom stereocenters. The largest absolute Gasteiger partial charge is 0.508 e. The Morgan fingerprint density at radius 3 is 2.84 bits per heavy atom. The molecule has 2 aromatic heterocycles. The van der Waals surface area contributed by atoms with E-state index in [0.29, 0.717) is 0 Å². The Balaban J connectivity index is 1.97. The summed E-state index contributed by atoms with van der Waals surface area (Å²) in [6.07, 6.45) is 2.02. The molecule has 0 fully saturated rings. The van der Waals surface area contributed by atoms with Gasteiger partial charge in [0.1, 0.15) is 5.75 Å². The molecule has 4 rings (SSSR count). The summed E-state index contributed by atoms with van der Waals surface area (Å²) >= 11 is 1.67. The average molecular weight is 266 g/mol. The summed E-state index contributed by atoms with van der Waals surface area (Å²) in [5.41, 5.74) is 2.98. The molecule has 4 heteroatoms. The number of aromatic hydroxyl groups is 1. The van der Waals surface area contributed by atoms with E-state index in [-0.39, 0.29) is 5.75 Å². The number of phenols is 1. The first-order valence-corrected chi connectivity index (χ1v) is 6.79. The lowest BCUT2D eigenvalue weighted by Gasteiger charge is -1.96. The lowest BCUT2D eigenvalue weighted by atomic mass is 10.1. The van der Waals surface area contributed by atoms with Crippen molar-refractivity contribution in [3.8, 4) is 17.0 Å². The number of benzene rings is 2. The predicted molar refractivity (Wildman–Crippen MR) is 77.7 cm³/mol. The normalized spacial score (nSPS) is 11.4. The first-order valence-electron chi connectivity index (χ1n) is 5.97. The van der Waals surface area contributed by atoms with Crippen LogP contribution in [0, 0.1) is 0 Å². The highest BCUT2D eigenvalue weighted by Gasteiger charge is 2.09. The molecule has 0 aliphatic carbocycles. The van der Waals surface area contributed by atoms with Crippen molar-refractivity contribution >= 4 is 26.5 Å². The van der Waals surface area contributed by atoms with Crippen LogP contribution < -0.4 is 0 Å². The number of imidazole rings is 1. The average Bonchev–Trinajstić information content (AvgIpc) is 2.96. The van der Waals surface area contributed by atoms with Gasteiger partial charge in [0.2, 0.25) is 0 Å². The molecule has 19 heavy (non-hydrogen) atoms. The van der Waals surface area contributed by atoms with Gasteiger partial charge in [0.15, 0.2) is 4.96 Å². The topological polar surface area (TPSA) is 37.5 Å². The molecular formula is C15H10N2OS.